The molecule has 0 unspecified atom stereocenters. The minimum absolute atomic E-state index is 0.318. The lowest BCUT2D eigenvalue weighted by Crippen LogP contribution is -2.45. The zero-order chi connectivity index (χ0) is 20.1. The van der Waals surface area contributed by atoms with Gasteiger partial charge in [0.15, 0.2) is 0 Å². The van der Waals surface area contributed by atoms with Crippen LogP contribution in [0.2, 0.25) is 0 Å². The van der Waals surface area contributed by atoms with Crippen molar-refractivity contribution in [2.75, 3.05) is 19.6 Å². The first-order valence-electron chi connectivity index (χ1n) is 12.1. The summed E-state index contributed by atoms with van der Waals surface area (Å²) in [7, 11) is 0. The van der Waals surface area contributed by atoms with Crippen LogP contribution in [0.3, 0.4) is 0 Å². The second-order valence-electron chi connectivity index (χ2n) is 9.68. The van der Waals surface area contributed by atoms with E-state index in [9.17, 15) is 4.79 Å². The van der Waals surface area contributed by atoms with Crippen LogP contribution >= 0.6 is 0 Å². The Hall–Kier alpha value is -1.39. The number of benzene rings is 1. The van der Waals surface area contributed by atoms with Crippen LogP contribution < -0.4 is 11.1 Å². The molecular formula is C25H39N3O. The Kier molecular flexibility index (Phi) is 7.25. The molecule has 0 spiro atoms. The molecule has 3 N–H and O–H groups in total. The van der Waals surface area contributed by atoms with E-state index in [1.165, 1.54) is 89.3 Å². The predicted molar refractivity (Wildman–Crippen MR) is 119 cm³/mol. The van der Waals surface area contributed by atoms with E-state index in [2.05, 4.69) is 16.3 Å². The molecule has 0 radical (unpaired) electrons. The van der Waals surface area contributed by atoms with Gasteiger partial charge < -0.3 is 11.1 Å². The maximum atomic E-state index is 11.5. The van der Waals surface area contributed by atoms with Gasteiger partial charge in [-0.15, -0.1) is 0 Å². The van der Waals surface area contributed by atoms with Crippen molar-refractivity contribution in [2.24, 2.45) is 11.7 Å². The van der Waals surface area contributed by atoms with Crippen LogP contribution in [0.25, 0.3) is 0 Å². The Balaban J connectivity index is 1.19. The van der Waals surface area contributed by atoms with Gasteiger partial charge in [-0.25, -0.2) is 0 Å². The Morgan fingerprint density at radius 2 is 1.79 bits per heavy atom. The van der Waals surface area contributed by atoms with Crippen molar-refractivity contribution in [1.82, 2.24) is 10.2 Å². The summed E-state index contributed by atoms with van der Waals surface area (Å²) in [6.45, 7) is 3.49. The third-order valence-corrected chi connectivity index (χ3v) is 7.76. The average Bonchev–Trinajstić information content (AvgIpc) is 2.98. The molecular weight excluding hydrogens is 358 g/mol. The molecule has 2 aliphatic heterocycles. The van der Waals surface area contributed by atoms with Gasteiger partial charge in [-0.05, 0) is 74.6 Å². The van der Waals surface area contributed by atoms with E-state index in [4.69, 9.17) is 5.73 Å². The SMILES string of the molecule is NC(=O)c1cccc([C@H]2C[C@H]3CC[C@@H](C2)N3CCNCCCC2CCCCC2)c1. The molecule has 4 rings (SSSR count). The molecule has 2 heterocycles. The number of hydrogen-bond donors (Lipinski definition) is 2. The largest absolute Gasteiger partial charge is 0.366 e. The number of nitrogens with one attached hydrogen (secondary N) is 1. The lowest BCUT2D eigenvalue weighted by atomic mass is 9.84. The molecule has 2 bridgehead atoms. The van der Waals surface area contributed by atoms with Gasteiger partial charge in [0.25, 0.3) is 0 Å². The smallest absolute Gasteiger partial charge is 0.248 e. The summed E-state index contributed by atoms with van der Waals surface area (Å²) in [6.07, 6.45) is 15.2. The Morgan fingerprint density at radius 1 is 1.03 bits per heavy atom. The maximum Gasteiger partial charge on any atom is 0.248 e. The number of fused-ring (bicyclic) bond motifs is 2. The van der Waals surface area contributed by atoms with Gasteiger partial charge in [0.05, 0.1) is 0 Å². The number of nitrogens with zero attached hydrogens (tertiary/aromatic N) is 1. The minimum atomic E-state index is -0.318. The third-order valence-electron chi connectivity index (χ3n) is 7.76. The van der Waals surface area contributed by atoms with Crippen LogP contribution in [0, 0.1) is 5.92 Å². The quantitative estimate of drug-likeness (QED) is 0.606. The van der Waals surface area contributed by atoms with Crippen LogP contribution in [0.15, 0.2) is 24.3 Å². The molecule has 3 aliphatic rings. The van der Waals surface area contributed by atoms with Crippen molar-refractivity contribution in [3.63, 3.8) is 0 Å². The van der Waals surface area contributed by atoms with Gasteiger partial charge in [0.1, 0.15) is 0 Å². The molecule has 4 nitrogen and oxygen atoms in total. The average molecular weight is 398 g/mol. The number of carbonyl (C=O) groups is 1. The van der Waals surface area contributed by atoms with E-state index in [1.807, 2.05) is 18.2 Å². The third kappa shape index (κ3) is 5.40. The van der Waals surface area contributed by atoms with Crippen molar-refractivity contribution < 1.29 is 4.79 Å². The number of carbonyl (C=O) groups excluding carboxylic acids is 1. The fourth-order valence-electron chi connectivity index (χ4n) is 6.18. The van der Waals surface area contributed by atoms with Gasteiger partial charge >= 0.3 is 0 Å². The fraction of sp³-hybridized carbons (Fsp3) is 0.720. The van der Waals surface area contributed by atoms with E-state index in [-0.39, 0.29) is 5.91 Å². The van der Waals surface area contributed by atoms with Crippen LogP contribution in [-0.4, -0.2) is 42.5 Å². The van der Waals surface area contributed by atoms with Gasteiger partial charge in [-0.3, -0.25) is 9.69 Å². The van der Waals surface area contributed by atoms with Crippen molar-refractivity contribution in [2.45, 2.75) is 88.6 Å². The number of primary amides is 1. The zero-order valence-electron chi connectivity index (χ0n) is 18.0. The molecule has 1 aromatic carbocycles. The Labute approximate surface area is 176 Å². The topological polar surface area (TPSA) is 58.4 Å². The normalized spacial score (nSPS) is 27.9. The highest BCUT2D eigenvalue weighted by atomic mass is 16.1. The van der Waals surface area contributed by atoms with E-state index in [0.29, 0.717) is 23.6 Å². The summed E-state index contributed by atoms with van der Waals surface area (Å²) in [4.78, 5) is 14.3. The van der Waals surface area contributed by atoms with Crippen molar-refractivity contribution in [1.29, 1.82) is 0 Å². The lowest BCUT2D eigenvalue weighted by molar-refractivity contribution is 0.1000. The standard InChI is InChI=1S/C25H39N3O/c26-25(29)21-10-4-9-20(16-21)22-17-23-11-12-24(18-22)28(23)15-14-27-13-5-8-19-6-2-1-3-7-19/h4,9-10,16,19,22-24,27H,1-3,5-8,11-15,17-18H2,(H2,26,29)/t22-,23+,24-. The number of piperidine rings is 1. The molecule has 3 fully saturated rings. The van der Waals surface area contributed by atoms with E-state index in [1.54, 1.807) is 0 Å². The number of hydrogen-bond acceptors (Lipinski definition) is 3. The van der Waals surface area contributed by atoms with Gasteiger partial charge in [0.2, 0.25) is 5.91 Å². The van der Waals surface area contributed by atoms with Crippen molar-refractivity contribution in [3.8, 4) is 0 Å². The van der Waals surface area contributed by atoms with Gasteiger partial charge in [-0.1, -0.05) is 44.2 Å². The number of rotatable bonds is 9. The molecule has 1 amide bonds. The van der Waals surface area contributed by atoms with E-state index in [0.717, 1.165) is 12.5 Å². The van der Waals surface area contributed by atoms with Crippen LogP contribution in [0.1, 0.15) is 92.5 Å². The number of nitrogens with two attached hydrogens (primary N) is 1. The lowest BCUT2D eigenvalue weighted by Gasteiger charge is -2.39. The van der Waals surface area contributed by atoms with Gasteiger partial charge in [-0.2, -0.15) is 0 Å². The van der Waals surface area contributed by atoms with E-state index >= 15 is 0 Å². The summed E-state index contributed by atoms with van der Waals surface area (Å²) >= 11 is 0. The molecule has 1 aliphatic carbocycles. The number of amides is 1. The molecule has 4 heteroatoms. The second-order valence-corrected chi connectivity index (χ2v) is 9.68. The van der Waals surface area contributed by atoms with Crippen LogP contribution in [-0.2, 0) is 0 Å². The van der Waals surface area contributed by atoms with Crippen molar-refractivity contribution in [3.05, 3.63) is 35.4 Å². The monoisotopic (exact) mass is 397 g/mol. The molecule has 2 saturated heterocycles. The highest BCUT2D eigenvalue weighted by molar-refractivity contribution is 5.92. The molecule has 160 valence electrons. The Bertz CT molecular complexity index is 656. The van der Waals surface area contributed by atoms with E-state index < -0.39 is 0 Å². The minimum Gasteiger partial charge on any atom is -0.366 e. The fourth-order valence-corrected chi connectivity index (χ4v) is 6.18. The first kappa shape index (κ1) is 20.9. The second kappa shape index (κ2) is 10.1. The molecule has 29 heavy (non-hydrogen) atoms. The molecule has 3 atom stereocenters. The van der Waals surface area contributed by atoms with Crippen LogP contribution in [0.4, 0.5) is 0 Å². The summed E-state index contributed by atoms with van der Waals surface area (Å²) in [5, 5.41) is 3.71. The first-order valence-corrected chi connectivity index (χ1v) is 12.1. The highest BCUT2D eigenvalue weighted by Gasteiger charge is 2.40. The maximum absolute atomic E-state index is 11.5. The highest BCUT2D eigenvalue weighted by Crippen LogP contribution is 2.42. The molecule has 0 aromatic heterocycles. The van der Waals surface area contributed by atoms with Crippen LogP contribution in [0.5, 0.6) is 0 Å². The van der Waals surface area contributed by atoms with Crippen molar-refractivity contribution >= 4 is 5.91 Å². The summed E-state index contributed by atoms with van der Waals surface area (Å²) in [6, 6.07) is 9.44. The summed E-state index contributed by atoms with van der Waals surface area (Å²) < 4.78 is 0. The summed E-state index contributed by atoms with van der Waals surface area (Å²) in [5.41, 5.74) is 7.43. The van der Waals surface area contributed by atoms with Gasteiger partial charge in [0, 0.05) is 30.7 Å². The molecule has 1 aromatic rings. The Morgan fingerprint density at radius 3 is 2.52 bits per heavy atom. The first-order chi connectivity index (χ1) is 14.2. The summed E-state index contributed by atoms with van der Waals surface area (Å²) in [5.74, 6) is 1.27. The zero-order valence-corrected chi connectivity index (χ0v) is 18.0. The molecule has 1 saturated carbocycles. The predicted octanol–water partition coefficient (Wildman–Crippen LogP) is 4.45.